The number of aryl methyl sites for hydroxylation is 1. The molecule has 1 amide bonds. The number of halogens is 2. The van der Waals surface area contributed by atoms with Crippen molar-refractivity contribution in [3.05, 3.63) is 39.8 Å². The van der Waals surface area contributed by atoms with Gasteiger partial charge in [-0.05, 0) is 48.9 Å². The first-order valence-electron chi connectivity index (χ1n) is 9.10. The molecule has 2 aromatic rings. The largest absolute Gasteiger partial charge is 0.493 e. The highest BCUT2D eigenvalue weighted by Crippen LogP contribution is 2.39. The van der Waals surface area contributed by atoms with Crippen molar-refractivity contribution in [2.45, 2.75) is 45.8 Å². The summed E-state index contributed by atoms with van der Waals surface area (Å²) in [6, 6.07) is 4.33. The second kappa shape index (κ2) is 9.21. The molecule has 1 aromatic carbocycles. The minimum Gasteiger partial charge on any atom is -0.493 e. The Kier molecular flexibility index (Phi) is 6.68. The third-order valence-electron chi connectivity index (χ3n) is 4.48. The quantitative estimate of drug-likeness (QED) is 0.659. The molecule has 9 heteroatoms. The number of anilines is 1. The van der Waals surface area contributed by atoms with E-state index < -0.39 is 12.6 Å². The molecule has 6 nitrogen and oxygen atoms in total. The van der Waals surface area contributed by atoms with Crippen molar-refractivity contribution in [1.82, 2.24) is 0 Å². The first kappa shape index (κ1) is 21.0. The van der Waals surface area contributed by atoms with Crippen molar-refractivity contribution in [3.63, 3.8) is 0 Å². The van der Waals surface area contributed by atoms with Crippen LogP contribution in [0.4, 0.5) is 13.8 Å². The average Bonchev–Trinajstić information content (AvgIpc) is 3.03. The first-order valence-corrected chi connectivity index (χ1v) is 9.91. The summed E-state index contributed by atoms with van der Waals surface area (Å²) in [5.74, 6) is -0.764. The number of carbonyl (C=O) groups excluding carboxylic acids is 2. The van der Waals surface area contributed by atoms with E-state index in [0.29, 0.717) is 16.1 Å². The van der Waals surface area contributed by atoms with E-state index in [0.717, 1.165) is 36.1 Å². The summed E-state index contributed by atoms with van der Waals surface area (Å²) in [5.41, 5.74) is 1.90. The number of nitrogens with one attached hydrogen (secondary N) is 1. The molecule has 1 heterocycles. The van der Waals surface area contributed by atoms with Gasteiger partial charge in [-0.1, -0.05) is 6.07 Å². The van der Waals surface area contributed by atoms with Gasteiger partial charge in [0.05, 0.1) is 12.7 Å². The van der Waals surface area contributed by atoms with Crippen LogP contribution in [0.2, 0.25) is 0 Å². The van der Waals surface area contributed by atoms with Crippen molar-refractivity contribution < 1.29 is 32.6 Å². The van der Waals surface area contributed by atoms with E-state index in [4.69, 9.17) is 9.47 Å². The number of methoxy groups -OCH3 is 1. The molecule has 0 saturated carbocycles. The van der Waals surface area contributed by atoms with E-state index in [1.807, 2.05) is 0 Å². The Bertz CT molecular complexity index is 913. The summed E-state index contributed by atoms with van der Waals surface area (Å²) in [5, 5.41) is 3.23. The van der Waals surface area contributed by atoms with Gasteiger partial charge in [-0.3, -0.25) is 4.79 Å². The van der Waals surface area contributed by atoms with Crippen LogP contribution in [-0.2, 0) is 29.0 Å². The molecular weight excluding hydrogens is 404 g/mol. The van der Waals surface area contributed by atoms with Crippen LogP contribution in [0, 0.1) is 0 Å². The maximum absolute atomic E-state index is 12.8. The number of hydrogen-bond donors (Lipinski definition) is 1. The zero-order chi connectivity index (χ0) is 21.0. The SMILES string of the molecule is COc1cc(COC(=O)c2c(NC(C)=O)sc3c2CCCC3)ccc1OC(F)F. The fourth-order valence-corrected chi connectivity index (χ4v) is 4.57. The fourth-order valence-electron chi connectivity index (χ4n) is 3.25. The van der Waals surface area contributed by atoms with Gasteiger partial charge in [0.2, 0.25) is 5.91 Å². The monoisotopic (exact) mass is 425 g/mol. The molecule has 1 aliphatic carbocycles. The number of thiophene rings is 1. The Labute approximate surface area is 170 Å². The van der Waals surface area contributed by atoms with Crippen molar-refractivity contribution in [2.24, 2.45) is 0 Å². The lowest BCUT2D eigenvalue weighted by Gasteiger charge is -2.14. The molecule has 0 radical (unpaired) electrons. The summed E-state index contributed by atoms with van der Waals surface area (Å²) in [7, 11) is 1.33. The number of amides is 1. The molecule has 1 N–H and O–H groups in total. The lowest BCUT2D eigenvalue weighted by Crippen LogP contribution is -2.13. The van der Waals surface area contributed by atoms with Crippen molar-refractivity contribution in [2.75, 3.05) is 12.4 Å². The smallest absolute Gasteiger partial charge is 0.387 e. The highest BCUT2D eigenvalue weighted by atomic mass is 32.1. The molecule has 0 unspecified atom stereocenters. The third-order valence-corrected chi connectivity index (χ3v) is 5.69. The molecule has 0 aliphatic heterocycles. The van der Waals surface area contributed by atoms with Gasteiger partial charge < -0.3 is 19.5 Å². The van der Waals surface area contributed by atoms with Gasteiger partial charge in [0.15, 0.2) is 11.5 Å². The zero-order valence-corrected chi connectivity index (χ0v) is 16.9. The van der Waals surface area contributed by atoms with Crippen LogP contribution in [0.15, 0.2) is 18.2 Å². The highest BCUT2D eigenvalue weighted by Gasteiger charge is 2.27. The van der Waals surface area contributed by atoms with Crippen LogP contribution in [0.1, 0.15) is 46.1 Å². The maximum Gasteiger partial charge on any atom is 0.387 e. The van der Waals surface area contributed by atoms with Gasteiger partial charge >= 0.3 is 12.6 Å². The molecule has 1 aliphatic rings. The fraction of sp³-hybridized carbons (Fsp3) is 0.400. The summed E-state index contributed by atoms with van der Waals surface area (Å²) in [6.45, 7) is -1.65. The summed E-state index contributed by atoms with van der Waals surface area (Å²) in [6.07, 6.45) is 3.67. The first-order chi connectivity index (χ1) is 13.9. The standard InChI is InChI=1S/C20H21F2NO5S/c1-11(24)23-18-17(13-5-3-4-6-16(13)29-18)19(25)27-10-12-7-8-14(28-20(21)22)15(9-12)26-2/h7-9,20H,3-6,10H2,1-2H3,(H,23,24). The van der Waals surface area contributed by atoms with Gasteiger partial charge in [0, 0.05) is 11.8 Å². The lowest BCUT2D eigenvalue weighted by atomic mass is 9.95. The van der Waals surface area contributed by atoms with Crippen LogP contribution in [0.5, 0.6) is 11.5 Å². The molecule has 0 atom stereocenters. The highest BCUT2D eigenvalue weighted by molar-refractivity contribution is 7.17. The van der Waals surface area contributed by atoms with Crippen LogP contribution in [-0.4, -0.2) is 25.6 Å². The average molecular weight is 425 g/mol. The molecule has 0 saturated heterocycles. The summed E-state index contributed by atoms with van der Waals surface area (Å²) < 4.78 is 39.8. The summed E-state index contributed by atoms with van der Waals surface area (Å²) in [4.78, 5) is 25.4. The maximum atomic E-state index is 12.8. The predicted octanol–water partition coefficient (Wildman–Crippen LogP) is 4.55. The number of hydrogen-bond acceptors (Lipinski definition) is 6. The minimum atomic E-state index is -2.97. The van der Waals surface area contributed by atoms with E-state index in [-0.39, 0.29) is 24.0 Å². The lowest BCUT2D eigenvalue weighted by molar-refractivity contribution is -0.114. The van der Waals surface area contributed by atoms with E-state index in [1.54, 1.807) is 0 Å². The number of benzene rings is 1. The Balaban J connectivity index is 1.77. The van der Waals surface area contributed by atoms with E-state index in [9.17, 15) is 18.4 Å². The zero-order valence-electron chi connectivity index (χ0n) is 16.1. The minimum absolute atomic E-state index is 0.0751. The number of carbonyl (C=O) groups is 2. The molecule has 0 bridgehead atoms. The van der Waals surface area contributed by atoms with Crippen LogP contribution in [0.3, 0.4) is 0 Å². The topological polar surface area (TPSA) is 73.9 Å². The third kappa shape index (κ3) is 5.03. The van der Waals surface area contributed by atoms with Gasteiger partial charge in [0.25, 0.3) is 0 Å². The van der Waals surface area contributed by atoms with Crippen LogP contribution >= 0.6 is 11.3 Å². The van der Waals surface area contributed by atoms with E-state index >= 15 is 0 Å². The number of fused-ring (bicyclic) bond motifs is 1. The van der Waals surface area contributed by atoms with Crippen molar-refractivity contribution >= 4 is 28.2 Å². The Hall–Kier alpha value is -2.68. The molecule has 29 heavy (non-hydrogen) atoms. The molecule has 3 rings (SSSR count). The molecule has 0 spiro atoms. The molecular formula is C20H21F2NO5S. The Morgan fingerprint density at radius 3 is 2.66 bits per heavy atom. The molecule has 156 valence electrons. The number of ether oxygens (including phenoxy) is 3. The van der Waals surface area contributed by atoms with Crippen LogP contribution in [0.25, 0.3) is 0 Å². The number of alkyl halides is 2. The van der Waals surface area contributed by atoms with Gasteiger partial charge in [-0.15, -0.1) is 11.3 Å². The number of esters is 1. The van der Waals surface area contributed by atoms with Crippen LogP contribution < -0.4 is 14.8 Å². The van der Waals surface area contributed by atoms with Crippen molar-refractivity contribution in [1.29, 1.82) is 0 Å². The second-order valence-electron chi connectivity index (χ2n) is 6.54. The van der Waals surface area contributed by atoms with E-state index in [1.165, 1.54) is 43.6 Å². The predicted molar refractivity (Wildman–Crippen MR) is 104 cm³/mol. The number of rotatable bonds is 7. The van der Waals surface area contributed by atoms with Gasteiger partial charge in [-0.25, -0.2) is 4.79 Å². The molecule has 0 fully saturated rings. The summed E-state index contributed by atoms with van der Waals surface area (Å²) >= 11 is 1.41. The second-order valence-corrected chi connectivity index (χ2v) is 7.64. The molecule has 1 aromatic heterocycles. The van der Waals surface area contributed by atoms with E-state index in [2.05, 4.69) is 10.1 Å². The van der Waals surface area contributed by atoms with Gasteiger partial charge in [0.1, 0.15) is 11.6 Å². The normalized spacial score (nSPS) is 13.0. The van der Waals surface area contributed by atoms with Gasteiger partial charge in [-0.2, -0.15) is 8.78 Å². The van der Waals surface area contributed by atoms with Crippen molar-refractivity contribution in [3.8, 4) is 11.5 Å². The Morgan fingerprint density at radius 2 is 1.97 bits per heavy atom. The Morgan fingerprint density at radius 1 is 1.21 bits per heavy atom.